The van der Waals surface area contributed by atoms with Crippen LogP contribution in [0.2, 0.25) is 0 Å². The molecule has 2 aromatic rings. The molecular weight excluding hydrogens is 356 g/mol. The van der Waals surface area contributed by atoms with Crippen molar-refractivity contribution in [1.29, 1.82) is 0 Å². The zero-order valence-corrected chi connectivity index (χ0v) is 15.9. The number of carbonyl (C=O) groups is 3. The van der Waals surface area contributed by atoms with Crippen LogP contribution in [0, 0.1) is 5.92 Å². The van der Waals surface area contributed by atoms with Crippen molar-refractivity contribution in [1.82, 2.24) is 20.1 Å². The number of benzene rings is 1. The number of fused-ring (bicyclic) bond motifs is 1. The van der Waals surface area contributed by atoms with E-state index in [1.54, 1.807) is 43.4 Å². The van der Waals surface area contributed by atoms with Crippen LogP contribution in [-0.2, 0) is 11.2 Å². The maximum Gasteiger partial charge on any atom is 0.255 e. The Morgan fingerprint density at radius 2 is 2.00 bits per heavy atom. The molecule has 1 N–H and O–H groups in total. The van der Waals surface area contributed by atoms with Crippen LogP contribution in [0.3, 0.4) is 0 Å². The molecule has 0 unspecified atom stereocenters. The van der Waals surface area contributed by atoms with Gasteiger partial charge in [-0.2, -0.15) is 0 Å². The highest BCUT2D eigenvalue weighted by molar-refractivity contribution is 5.99. The van der Waals surface area contributed by atoms with Gasteiger partial charge in [-0.1, -0.05) is 18.2 Å². The largest absolute Gasteiger partial charge is 0.348 e. The number of nitrogens with one attached hydrogen (secondary N) is 1. The Balaban J connectivity index is 1.71. The molecule has 1 aromatic heterocycles. The van der Waals surface area contributed by atoms with Crippen LogP contribution >= 0.6 is 0 Å². The molecule has 3 amide bonds. The summed E-state index contributed by atoms with van der Waals surface area (Å²) in [5, 5.41) is 3.07. The van der Waals surface area contributed by atoms with Gasteiger partial charge in [0.15, 0.2) is 0 Å². The Morgan fingerprint density at radius 1 is 1.21 bits per heavy atom. The van der Waals surface area contributed by atoms with Gasteiger partial charge in [0, 0.05) is 45.1 Å². The predicted octanol–water partition coefficient (Wildman–Crippen LogP) is 0.967. The fourth-order valence-corrected chi connectivity index (χ4v) is 4.24. The molecule has 1 fully saturated rings. The smallest absolute Gasteiger partial charge is 0.255 e. The summed E-state index contributed by atoms with van der Waals surface area (Å²) in [6.45, 7) is 0.540. The molecule has 2 aliphatic heterocycles. The highest BCUT2D eigenvalue weighted by Gasteiger charge is 2.54. The molecule has 1 saturated heterocycles. The van der Waals surface area contributed by atoms with E-state index in [1.165, 1.54) is 11.1 Å². The first-order valence-electron chi connectivity index (χ1n) is 9.22. The first kappa shape index (κ1) is 18.2. The summed E-state index contributed by atoms with van der Waals surface area (Å²) in [5.74, 6) is -0.995. The Hall–Kier alpha value is -3.22. The maximum absolute atomic E-state index is 13.0. The number of hydrogen-bond acceptors (Lipinski definition) is 4. The molecule has 0 saturated carbocycles. The summed E-state index contributed by atoms with van der Waals surface area (Å²) in [6, 6.07) is 10.8. The van der Waals surface area contributed by atoms with Crippen molar-refractivity contribution in [2.24, 2.45) is 5.92 Å². The van der Waals surface area contributed by atoms with Gasteiger partial charge in [0.25, 0.3) is 11.8 Å². The van der Waals surface area contributed by atoms with Gasteiger partial charge in [-0.15, -0.1) is 0 Å². The first-order valence-corrected chi connectivity index (χ1v) is 9.22. The van der Waals surface area contributed by atoms with Gasteiger partial charge in [-0.3, -0.25) is 19.4 Å². The molecule has 2 atom stereocenters. The standard InChI is InChI=1S/C21H22N4O3/c1-24(2)20(28)17-12-25(19(27)15-7-5-9-22-11-15)13-21(17)10-14-6-3-4-8-16(14)18(26)23-21/h3-9,11,17H,10,12-13H2,1-2H3,(H,23,26)/t17-,21+/m0/s1. The second-order valence-electron chi connectivity index (χ2n) is 7.66. The van der Waals surface area contributed by atoms with Crippen molar-refractivity contribution in [3.8, 4) is 0 Å². The second-order valence-corrected chi connectivity index (χ2v) is 7.66. The Bertz CT molecular complexity index is 944. The van der Waals surface area contributed by atoms with Gasteiger partial charge in [-0.25, -0.2) is 0 Å². The maximum atomic E-state index is 13.0. The fourth-order valence-electron chi connectivity index (χ4n) is 4.24. The average molecular weight is 378 g/mol. The van der Waals surface area contributed by atoms with E-state index in [0.717, 1.165) is 5.56 Å². The average Bonchev–Trinajstić information content (AvgIpc) is 3.05. The lowest BCUT2D eigenvalue weighted by atomic mass is 9.77. The zero-order chi connectivity index (χ0) is 19.9. The highest BCUT2D eigenvalue weighted by atomic mass is 16.2. The summed E-state index contributed by atoms with van der Waals surface area (Å²) in [6.07, 6.45) is 3.64. The monoisotopic (exact) mass is 378 g/mol. The highest BCUT2D eigenvalue weighted by Crippen LogP contribution is 2.36. The third-order valence-electron chi connectivity index (χ3n) is 5.61. The zero-order valence-electron chi connectivity index (χ0n) is 15.9. The van der Waals surface area contributed by atoms with Gasteiger partial charge in [0.2, 0.25) is 5.91 Å². The van der Waals surface area contributed by atoms with Crippen LogP contribution in [0.15, 0.2) is 48.8 Å². The van der Waals surface area contributed by atoms with Crippen LogP contribution in [-0.4, -0.2) is 65.2 Å². The molecule has 7 heteroatoms. The molecule has 3 heterocycles. The lowest BCUT2D eigenvalue weighted by Gasteiger charge is -2.39. The third kappa shape index (κ3) is 2.93. The molecular formula is C21H22N4O3. The van der Waals surface area contributed by atoms with E-state index < -0.39 is 11.5 Å². The molecule has 28 heavy (non-hydrogen) atoms. The van der Waals surface area contributed by atoms with Crippen molar-refractivity contribution in [3.63, 3.8) is 0 Å². The Kier molecular flexibility index (Phi) is 4.37. The molecule has 7 nitrogen and oxygen atoms in total. The number of rotatable bonds is 2. The van der Waals surface area contributed by atoms with Crippen molar-refractivity contribution >= 4 is 17.7 Å². The Morgan fingerprint density at radius 3 is 2.71 bits per heavy atom. The van der Waals surface area contributed by atoms with E-state index in [2.05, 4.69) is 10.3 Å². The molecule has 1 spiro atoms. The second kappa shape index (κ2) is 6.74. The number of hydrogen-bond donors (Lipinski definition) is 1. The molecule has 4 rings (SSSR count). The minimum Gasteiger partial charge on any atom is -0.348 e. The van der Waals surface area contributed by atoms with Gasteiger partial charge in [-0.05, 0) is 30.2 Å². The van der Waals surface area contributed by atoms with Crippen molar-refractivity contribution in [2.75, 3.05) is 27.2 Å². The number of aromatic nitrogens is 1. The minimum absolute atomic E-state index is 0.0961. The number of likely N-dealkylation sites (tertiary alicyclic amines) is 1. The van der Waals surface area contributed by atoms with E-state index in [9.17, 15) is 14.4 Å². The summed E-state index contributed by atoms with van der Waals surface area (Å²) >= 11 is 0. The molecule has 144 valence electrons. The minimum atomic E-state index is -0.815. The molecule has 2 aliphatic rings. The molecule has 0 aliphatic carbocycles. The van der Waals surface area contributed by atoms with Crippen molar-refractivity contribution in [3.05, 3.63) is 65.5 Å². The molecule has 0 radical (unpaired) electrons. The number of nitrogens with zero attached hydrogens (tertiary/aromatic N) is 3. The van der Waals surface area contributed by atoms with E-state index in [-0.39, 0.29) is 30.8 Å². The topological polar surface area (TPSA) is 82.6 Å². The lowest BCUT2D eigenvalue weighted by molar-refractivity contribution is -0.134. The predicted molar refractivity (Wildman–Crippen MR) is 103 cm³/mol. The van der Waals surface area contributed by atoms with Crippen molar-refractivity contribution < 1.29 is 14.4 Å². The van der Waals surface area contributed by atoms with Gasteiger partial charge < -0.3 is 15.1 Å². The van der Waals surface area contributed by atoms with E-state index in [4.69, 9.17) is 0 Å². The summed E-state index contributed by atoms with van der Waals surface area (Å²) in [4.78, 5) is 45.9. The van der Waals surface area contributed by atoms with Gasteiger partial charge >= 0.3 is 0 Å². The quantitative estimate of drug-likeness (QED) is 0.844. The fraction of sp³-hybridized carbons (Fsp3) is 0.333. The number of carbonyl (C=O) groups excluding carboxylic acids is 3. The van der Waals surface area contributed by atoms with Crippen LogP contribution in [0.4, 0.5) is 0 Å². The number of pyridine rings is 1. The van der Waals surface area contributed by atoms with Crippen LogP contribution < -0.4 is 5.32 Å². The normalized spacial score (nSPS) is 23.3. The van der Waals surface area contributed by atoms with Gasteiger partial charge in [0.1, 0.15) is 0 Å². The van der Waals surface area contributed by atoms with E-state index in [0.29, 0.717) is 17.5 Å². The summed E-state index contributed by atoms with van der Waals surface area (Å²) < 4.78 is 0. The number of amides is 3. The lowest BCUT2D eigenvalue weighted by Crippen LogP contribution is -2.61. The SMILES string of the molecule is CN(C)C(=O)[C@@H]1CN(C(=O)c2cccnc2)C[C@]12Cc1ccccc1C(=O)N2. The first-order chi connectivity index (χ1) is 13.4. The molecule has 1 aromatic carbocycles. The summed E-state index contributed by atoms with van der Waals surface area (Å²) in [5.41, 5.74) is 1.18. The third-order valence-corrected chi connectivity index (χ3v) is 5.61. The van der Waals surface area contributed by atoms with Crippen molar-refractivity contribution in [2.45, 2.75) is 12.0 Å². The summed E-state index contributed by atoms with van der Waals surface area (Å²) in [7, 11) is 3.39. The van der Waals surface area contributed by atoms with E-state index in [1.807, 2.05) is 18.2 Å². The molecule has 0 bridgehead atoms. The Labute approximate surface area is 163 Å². The van der Waals surface area contributed by atoms with Crippen LogP contribution in [0.5, 0.6) is 0 Å². The van der Waals surface area contributed by atoms with E-state index >= 15 is 0 Å². The van der Waals surface area contributed by atoms with Crippen LogP contribution in [0.1, 0.15) is 26.3 Å². The van der Waals surface area contributed by atoms with Crippen LogP contribution in [0.25, 0.3) is 0 Å². The van der Waals surface area contributed by atoms with Gasteiger partial charge in [0.05, 0.1) is 17.0 Å².